The normalized spacial score (nSPS) is 29.4. The number of fused-ring (bicyclic) bond motifs is 1. The maximum Gasteiger partial charge on any atom is 0.162 e. The molecule has 4 N–H and O–H groups in total. The van der Waals surface area contributed by atoms with Crippen molar-refractivity contribution in [2.75, 3.05) is 13.2 Å². The smallest absolute Gasteiger partial charge is 0.162 e. The van der Waals surface area contributed by atoms with Crippen molar-refractivity contribution in [2.24, 2.45) is 0 Å². The van der Waals surface area contributed by atoms with Gasteiger partial charge in [-0.1, -0.05) is 36.4 Å². The lowest BCUT2D eigenvalue weighted by Gasteiger charge is -2.43. The quantitative estimate of drug-likeness (QED) is 0.551. The Balaban J connectivity index is 1.83. The molecule has 0 spiro atoms. The van der Waals surface area contributed by atoms with Gasteiger partial charge in [-0.25, -0.2) is 0 Å². The Hall–Kier alpha value is -1.58. The van der Waals surface area contributed by atoms with Crippen molar-refractivity contribution < 1.29 is 30.0 Å². The summed E-state index contributed by atoms with van der Waals surface area (Å²) in [4.78, 5) is 5.62. The number of hydroxylamine groups is 2. The molecular weight excluding hydrogens is 338 g/mol. The summed E-state index contributed by atoms with van der Waals surface area (Å²) >= 11 is 0. The van der Waals surface area contributed by atoms with E-state index in [1.165, 1.54) is 5.06 Å². The van der Waals surface area contributed by atoms with Crippen LogP contribution in [0.15, 0.2) is 42.5 Å². The molecule has 0 saturated carbocycles. The Labute approximate surface area is 152 Å². The minimum Gasteiger partial charge on any atom is -0.394 e. The average Bonchev–Trinajstić information content (AvgIpc) is 2.66. The predicted molar refractivity (Wildman–Crippen MR) is 94.9 cm³/mol. The lowest BCUT2D eigenvalue weighted by molar-refractivity contribution is -0.337. The summed E-state index contributed by atoms with van der Waals surface area (Å²) in [7, 11) is 0. The Kier molecular flexibility index (Phi) is 6.20. The topological polar surface area (TPSA) is 103 Å². The molecule has 0 unspecified atom stereocenters. The van der Waals surface area contributed by atoms with Gasteiger partial charge in [0.25, 0.3) is 0 Å². The van der Waals surface area contributed by atoms with Gasteiger partial charge >= 0.3 is 0 Å². The zero-order valence-electron chi connectivity index (χ0n) is 14.6. The highest BCUT2D eigenvalue weighted by Gasteiger charge is 2.46. The lowest BCUT2D eigenvalue weighted by atomic mass is 9.98. The van der Waals surface area contributed by atoms with Crippen LogP contribution in [0.2, 0.25) is 0 Å². The van der Waals surface area contributed by atoms with Gasteiger partial charge in [-0.2, -0.15) is 5.06 Å². The molecule has 1 fully saturated rings. The van der Waals surface area contributed by atoms with E-state index in [0.717, 1.165) is 16.3 Å². The molecule has 26 heavy (non-hydrogen) atoms. The van der Waals surface area contributed by atoms with Gasteiger partial charge in [0.1, 0.15) is 24.4 Å². The second-order valence-corrected chi connectivity index (χ2v) is 6.39. The molecule has 0 amide bonds. The summed E-state index contributed by atoms with van der Waals surface area (Å²) < 4.78 is 5.60. The third-order valence-electron chi connectivity index (χ3n) is 4.60. The van der Waals surface area contributed by atoms with E-state index in [2.05, 4.69) is 0 Å². The number of aliphatic hydroxyl groups excluding tert-OH is 4. The molecule has 0 radical (unpaired) electrons. The fourth-order valence-electron chi connectivity index (χ4n) is 3.21. The summed E-state index contributed by atoms with van der Waals surface area (Å²) in [6, 6.07) is 14.0. The average molecular weight is 363 g/mol. The minimum atomic E-state index is -1.44. The SMILES string of the molecule is CCON(Cc1ccc2ccccc2c1)[C@@H]1O[C@H](CO)[C@@H](O)[C@H](O)[C@H]1O. The highest BCUT2D eigenvalue weighted by molar-refractivity contribution is 5.82. The minimum absolute atomic E-state index is 0.307. The maximum atomic E-state index is 10.3. The van der Waals surface area contributed by atoms with Crippen LogP contribution in [0.3, 0.4) is 0 Å². The standard InChI is InChI=1S/C19H25NO6/c1-2-25-20(19-18(24)17(23)16(22)15(11-21)26-19)10-12-7-8-13-5-3-4-6-14(13)9-12/h3-9,15-19,21-24H,2,10-11H2,1H3/t15-,16-,17+,18-,19-/m1/s1. The van der Waals surface area contributed by atoms with Gasteiger partial charge in [-0.15, -0.1) is 0 Å². The van der Waals surface area contributed by atoms with E-state index in [4.69, 9.17) is 9.57 Å². The highest BCUT2D eigenvalue weighted by Crippen LogP contribution is 2.26. The van der Waals surface area contributed by atoms with E-state index in [9.17, 15) is 20.4 Å². The number of rotatable bonds is 6. The summed E-state index contributed by atoms with van der Waals surface area (Å²) in [5.74, 6) is 0. The van der Waals surface area contributed by atoms with Gasteiger partial charge in [-0.05, 0) is 29.3 Å². The Morgan fingerprint density at radius 1 is 1.00 bits per heavy atom. The fraction of sp³-hybridized carbons (Fsp3) is 0.474. The molecule has 1 aliphatic heterocycles. The van der Waals surface area contributed by atoms with Crippen LogP contribution in [0, 0.1) is 0 Å². The molecule has 2 aromatic rings. The highest BCUT2D eigenvalue weighted by atomic mass is 16.7. The fourth-order valence-corrected chi connectivity index (χ4v) is 3.21. The number of hydrogen-bond acceptors (Lipinski definition) is 7. The number of ether oxygens (including phenoxy) is 1. The van der Waals surface area contributed by atoms with Crippen LogP contribution < -0.4 is 0 Å². The molecule has 1 saturated heterocycles. The van der Waals surface area contributed by atoms with Crippen molar-refractivity contribution in [1.29, 1.82) is 0 Å². The van der Waals surface area contributed by atoms with Gasteiger partial charge in [0.2, 0.25) is 0 Å². The predicted octanol–water partition coefficient (Wildman–Crippen LogP) is 0.393. The van der Waals surface area contributed by atoms with E-state index in [1.54, 1.807) is 6.92 Å². The molecule has 0 bridgehead atoms. The zero-order valence-corrected chi connectivity index (χ0v) is 14.6. The second kappa shape index (κ2) is 8.41. The first kappa shape index (κ1) is 19.2. The molecule has 142 valence electrons. The van der Waals surface area contributed by atoms with Crippen molar-refractivity contribution in [3.05, 3.63) is 48.0 Å². The van der Waals surface area contributed by atoms with E-state index in [-0.39, 0.29) is 0 Å². The maximum absolute atomic E-state index is 10.3. The lowest BCUT2D eigenvalue weighted by Crippen LogP contribution is -2.63. The number of hydrogen-bond donors (Lipinski definition) is 4. The molecule has 2 aromatic carbocycles. The van der Waals surface area contributed by atoms with E-state index >= 15 is 0 Å². The van der Waals surface area contributed by atoms with Gasteiger partial charge in [0.05, 0.1) is 19.8 Å². The van der Waals surface area contributed by atoms with Gasteiger partial charge in [0.15, 0.2) is 6.23 Å². The van der Waals surface area contributed by atoms with Crippen molar-refractivity contribution in [3.8, 4) is 0 Å². The Bertz CT molecular complexity index is 724. The van der Waals surface area contributed by atoms with Crippen LogP contribution in [-0.2, 0) is 16.1 Å². The summed E-state index contributed by atoms with van der Waals surface area (Å²) in [5.41, 5.74) is 0.939. The Morgan fingerprint density at radius 2 is 1.73 bits per heavy atom. The van der Waals surface area contributed by atoms with E-state index in [0.29, 0.717) is 13.2 Å². The van der Waals surface area contributed by atoms with Gasteiger partial charge in [0, 0.05) is 0 Å². The first-order valence-corrected chi connectivity index (χ1v) is 8.73. The van der Waals surface area contributed by atoms with E-state index < -0.39 is 37.3 Å². The zero-order chi connectivity index (χ0) is 18.7. The molecule has 1 heterocycles. The number of nitrogens with zero attached hydrogens (tertiary/aromatic N) is 1. The molecule has 0 aliphatic carbocycles. The molecule has 0 aromatic heterocycles. The summed E-state index contributed by atoms with van der Waals surface area (Å²) in [6.45, 7) is 1.97. The van der Waals surface area contributed by atoms with Crippen molar-refractivity contribution in [3.63, 3.8) is 0 Å². The van der Waals surface area contributed by atoms with Crippen LogP contribution in [0.25, 0.3) is 10.8 Å². The Morgan fingerprint density at radius 3 is 2.42 bits per heavy atom. The largest absolute Gasteiger partial charge is 0.394 e. The van der Waals surface area contributed by atoms with Crippen LogP contribution in [0.5, 0.6) is 0 Å². The molecule has 3 rings (SSSR count). The van der Waals surface area contributed by atoms with Crippen LogP contribution in [-0.4, -0.2) is 69.3 Å². The third kappa shape index (κ3) is 3.89. The summed E-state index contributed by atoms with van der Waals surface area (Å²) in [6.07, 6.45) is -6.20. The number of aliphatic hydroxyl groups is 4. The van der Waals surface area contributed by atoms with Crippen molar-refractivity contribution >= 4 is 10.8 Å². The van der Waals surface area contributed by atoms with Crippen LogP contribution >= 0.6 is 0 Å². The molecule has 7 nitrogen and oxygen atoms in total. The first-order chi connectivity index (χ1) is 12.5. The molecule has 7 heteroatoms. The second-order valence-electron chi connectivity index (χ2n) is 6.39. The van der Waals surface area contributed by atoms with Crippen molar-refractivity contribution in [1.82, 2.24) is 5.06 Å². The van der Waals surface area contributed by atoms with Gasteiger partial charge in [-0.3, -0.25) is 4.84 Å². The first-order valence-electron chi connectivity index (χ1n) is 8.73. The summed E-state index contributed by atoms with van der Waals surface area (Å²) in [5, 5.41) is 43.3. The molecular formula is C19H25NO6. The third-order valence-corrected chi connectivity index (χ3v) is 4.60. The van der Waals surface area contributed by atoms with Crippen LogP contribution in [0.1, 0.15) is 12.5 Å². The van der Waals surface area contributed by atoms with Crippen molar-refractivity contribution in [2.45, 2.75) is 44.1 Å². The van der Waals surface area contributed by atoms with Crippen LogP contribution in [0.4, 0.5) is 0 Å². The van der Waals surface area contributed by atoms with E-state index in [1.807, 2.05) is 42.5 Å². The molecule has 5 atom stereocenters. The number of benzene rings is 2. The molecule has 1 aliphatic rings. The van der Waals surface area contributed by atoms with Gasteiger partial charge < -0.3 is 25.2 Å². The monoisotopic (exact) mass is 363 g/mol.